The second-order valence-electron chi connectivity index (χ2n) is 9.56. The lowest BCUT2D eigenvalue weighted by atomic mass is 9.83. The summed E-state index contributed by atoms with van der Waals surface area (Å²) < 4.78 is 0. The topological polar surface area (TPSA) is 33.2 Å². The molecule has 3 nitrogen and oxygen atoms in total. The van der Waals surface area contributed by atoms with Crippen LogP contribution < -0.4 is 4.90 Å². The lowest BCUT2D eigenvalue weighted by Crippen LogP contribution is -2.25. The fraction of sp³-hybridized carbons (Fsp3) is 0.630. The Morgan fingerprint density at radius 1 is 0.903 bits per heavy atom. The number of benzene rings is 1. The summed E-state index contributed by atoms with van der Waals surface area (Å²) in [7, 11) is 0. The highest BCUT2D eigenvalue weighted by atomic mass is 32.1. The van der Waals surface area contributed by atoms with Crippen molar-refractivity contribution in [1.29, 1.82) is 0 Å². The normalized spacial score (nSPS) is 11.7. The monoisotopic (exact) mass is 442 g/mol. The van der Waals surface area contributed by atoms with Gasteiger partial charge >= 0.3 is 0 Å². The molecule has 0 N–H and O–H groups in total. The number of rotatable bonds is 12. The standard InChI is InChI=1S/C27H42N2OS/c1-9-11-13-29(14-12-10-2)27-28-26(24(17-30)31-27)25-22(19(5)6)15-21(18(3)4)16-23(25)20(7)8/h15-20H,9-14H2,1-8H3. The maximum absolute atomic E-state index is 12.2. The molecule has 0 saturated heterocycles. The predicted octanol–water partition coefficient (Wildman–Crippen LogP) is 8.40. The summed E-state index contributed by atoms with van der Waals surface area (Å²) in [4.78, 5) is 20.4. The molecule has 2 rings (SSSR count). The van der Waals surface area contributed by atoms with Gasteiger partial charge < -0.3 is 4.90 Å². The van der Waals surface area contributed by atoms with E-state index < -0.39 is 0 Å². The zero-order chi connectivity index (χ0) is 23.1. The van der Waals surface area contributed by atoms with E-state index in [1.807, 2.05) is 0 Å². The molecule has 4 heteroatoms. The molecule has 0 saturated carbocycles. The van der Waals surface area contributed by atoms with Crippen molar-refractivity contribution in [3.8, 4) is 11.3 Å². The van der Waals surface area contributed by atoms with E-state index >= 15 is 0 Å². The van der Waals surface area contributed by atoms with E-state index in [1.165, 1.54) is 22.3 Å². The number of unbranched alkanes of at least 4 members (excludes halogenated alkanes) is 2. The predicted molar refractivity (Wildman–Crippen MR) is 137 cm³/mol. The lowest BCUT2D eigenvalue weighted by molar-refractivity contribution is 0.112. The van der Waals surface area contributed by atoms with Gasteiger partial charge in [0.05, 0.1) is 10.6 Å². The summed E-state index contributed by atoms with van der Waals surface area (Å²) in [5.74, 6) is 1.21. The highest BCUT2D eigenvalue weighted by Crippen LogP contribution is 2.42. The molecule has 172 valence electrons. The van der Waals surface area contributed by atoms with Crippen LogP contribution in [0.1, 0.15) is 125 Å². The SMILES string of the molecule is CCCCN(CCCC)c1nc(-c2c(C(C)C)cc(C(C)C)cc2C(C)C)c(C=O)s1. The Bertz CT molecular complexity index is 814. The molecule has 0 aliphatic rings. The molecule has 0 fully saturated rings. The van der Waals surface area contributed by atoms with E-state index in [-0.39, 0.29) is 0 Å². The van der Waals surface area contributed by atoms with Gasteiger partial charge in [0.25, 0.3) is 0 Å². The van der Waals surface area contributed by atoms with Crippen molar-refractivity contribution in [2.45, 2.75) is 98.8 Å². The molecule has 0 spiro atoms. The number of carbonyl (C=O) groups is 1. The van der Waals surface area contributed by atoms with Crippen LogP contribution in [0.4, 0.5) is 5.13 Å². The molecule has 1 aromatic carbocycles. The van der Waals surface area contributed by atoms with Gasteiger partial charge in [-0.25, -0.2) is 4.98 Å². The number of hydrogen-bond donors (Lipinski definition) is 0. The van der Waals surface area contributed by atoms with Crippen LogP contribution in [-0.2, 0) is 0 Å². The minimum absolute atomic E-state index is 0.368. The van der Waals surface area contributed by atoms with Crippen LogP contribution in [0.25, 0.3) is 11.3 Å². The van der Waals surface area contributed by atoms with E-state index in [2.05, 4.69) is 72.4 Å². The van der Waals surface area contributed by atoms with Gasteiger partial charge in [-0.3, -0.25) is 4.79 Å². The van der Waals surface area contributed by atoms with Crippen molar-refractivity contribution in [3.63, 3.8) is 0 Å². The maximum atomic E-state index is 12.2. The molecule has 0 amide bonds. The summed E-state index contributed by atoms with van der Waals surface area (Å²) in [5, 5.41) is 0.997. The zero-order valence-corrected chi connectivity index (χ0v) is 21.7. The first kappa shape index (κ1) is 25.6. The highest BCUT2D eigenvalue weighted by molar-refractivity contribution is 7.17. The quantitative estimate of drug-likeness (QED) is 0.309. The number of thiazole rings is 1. The minimum atomic E-state index is 0.368. The van der Waals surface area contributed by atoms with Crippen molar-refractivity contribution in [1.82, 2.24) is 4.98 Å². The van der Waals surface area contributed by atoms with E-state index in [9.17, 15) is 4.79 Å². The molecular weight excluding hydrogens is 400 g/mol. The van der Waals surface area contributed by atoms with Crippen molar-refractivity contribution in [3.05, 3.63) is 33.7 Å². The molecule has 31 heavy (non-hydrogen) atoms. The molecule has 1 aromatic heterocycles. The number of carbonyl (C=O) groups excluding carboxylic acids is 1. The number of hydrogen-bond acceptors (Lipinski definition) is 4. The Hall–Kier alpha value is -1.68. The van der Waals surface area contributed by atoms with Gasteiger partial charge in [0, 0.05) is 18.7 Å². The Balaban J connectivity index is 2.70. The van der Waals surface area contributed by atoms with Crippen LogP contribution in [0.5, 0.6) is 0 Å². The molecule has 0 radical (unpaired) electrons. The summed E-state index contributed by atoms with van der Waals surface area (Å²) in [5.41, 5.74) is 6.06. The molecule has 0 bridgehead atoms. The van der Waals surface area contributed by atoms with Crippen LogP contribution in [-0.4, -0.2) is 24.4 Å². The van der Waals surface area contributed by atoms with E-state index in [1.54, 1.807) is 11.3 Å². The van der Waals surface area contributed by atoms with Crippen LogP contribution >= 0.6 is 11.3 Å². The number of nitrogens with zero attached hydrogens (tertiary/aromatic N) is 2. The average molecular weight is 443 g/mol. The third-order valence-corrected chi connectivity index (χ3v) is 6.99. The lowest BCUT2D eigenvalue weighted by Gasteiger charge is -2.23. The Morgan fingerprint density at radius 2 is 1.42 bits per heavy atom. The fourth-order valence-corrected chi connectivity index (χ4v) is 4.88. The van der Waals surface area contributed by atoms with Gasteiger partial charge in [0.2, 0.25) is 0 Å². The molecule has 0 unspecified atom stereocenters. The van der Waals surface area contributed by atoms with Gasteiger partial charge in [-0.2, -0.15) is 0 Å². The molecule has 2 aromatic rings. The minimum Gasteiger partial charge on any atom is -0.348 e. The largest absolute Gasteiger partial charge is 0.348 e. The smallest absolute Gasteiger partial charge is 0.186 e. The molecular formula is C27H42N2OS. The van der Waals surface area contributed by atoms with Crippen molar-refractivity contribution in [2.24, 2.45) is 0 Å². The summed E-state index contributed by atoms with van der Waals surface area (Å²) >= 11 is 1.56. The summed E-state index contributed by atoms with van der Waals surface area (Å²) in [6.07, 6.45) is 5.62. The highest BCUT2D eigenvalue weighted by Gasteiger charge is 2.24. The van der Waals surface area contributed by atoms with Crippen molar-refractivity contribution < 1.29 is 4.79 Å². The number of aromatic nitrogens is 1. The summed E-state index contributed by atoms with van der Waals surface area (Å²) in [6.45, 7) is 19.9. The molecule has 0 atom stereocenters. The van der Waals surface area contributed by atoms with Crippen LogP contribution in [0.3, 0.4) is 0 Å². The van der Waals surface area contributed by atoms with Crippen molar-refractivity contribution >= 4 is 22.8 Å². The van der Waals surface area contributed by atoms with E-state index in [0.717, 1.165) is 60.8 Å². The van der Waals surface area contributed by atoms with Gasteiger partial charge in [0.15, 0.2) is 11.4 Å². The summed E-state index contributed by atoms with van der Waals surface area (Å²) in [6, 6.07) is 4.69. The van der Waals surface area contributed by atoms with E-state index in [4.69, 9.17) is 4.98 Å². The third-order valence-electron chi connectivity index (χ3n) is 5.95. The Labute approximate surface area is 194 Å². The zero-order valence-electron chi connectivity index (χ0n) is 20.9. The number of anilines is 1. The van der Waals surface area contributed by atoms with Gasteiger partial charge in [-0.1, -0.05) is 91.7 Å². The van der Waals surface area contributed by atoms with E-state index in [0.29, 0.717) is 17.8 Å². The molecule has 0 aliphatic carbocycles. The first-order chi connectivity index (χ1) is 14.7. The van der Waals surface area contributed by atoms with Gasteiger partial charge in [0.1, 0.15) is 0 Å². The van der Waals surface area contributed by atoms with Crippen LogP contribution in [0, 0.1) is 0 Å². The fourth-order valence-electron chi connectivity index (χ4n) is 3.94. The average Bonchev–Trinajstić information content (AvgIpc) is 3.16. The first-order valence-electron chi connectivity index (χ1n) is 12.1. The Kier molecular flexibility index (Phi) is 9.74. The van der Waals surface area contributed by atoms with Gasteiger partial charge in [-0.15, -0.1) is 0 Å². The van der Waals surface area contributed by atoms with Crippen LogP contribution in [0.2, 0.25) is 0 Å². The third kappa shape index (κ3) is 6.19. The second kappa shape index (κ2) is 11.8. The first-order valence-corrected chi connectivity index (χ1v) is 13.0. The van der Waals surface area contributed by atoms with Gasteiger partial charge in [-0.05, 0) is 47.3 Å². The second-order valence-corrected chi connectivity index (χ2v) is 10.6. The maximum Gasteiger partial charge on any atom is 0.186 e. The molecule has 0 aliphatic heterocycles. The van der Waals surface area contributed by atoms with Crippen LogP contribution in [0.15, 0.2) is 12.1 Å². The molecule has 1 heterocycles. The van der Waals surface area contributed by atoms with Crippen molar-refractivity contribution in [2.75, 3.05) is 18.0 Å². The Morgan fingerprint density at radius 3 is 1.81 bits per heavy atom. The number of aldehydes is 1.